The Labute approximate surface area is 168 Å². The highest BCUT2D eigenvalue weighted by Crippen LogP contribution is 2.26. The summed E-state index contributed by atoms with van der Waals surface area (Å²) in [4.78, 5) is 37.1. The third-order valence-electron chi connectivity index (χ3n) is 4.85. The van der Waals surface area contributed by atoms with Crippen LogP contribution in [0.2, 0.25) is 0 Å². The number of nitrogens with one attached hydrogen (secondary N) is 1. The third-order valence-corrected chi connectivity index (χ3v) is 4.85. The van der Waals surface area contributed by atoms with Crippen molar-refractivity contribution in [3.63, 3.8) is 0 Å². The zero-order valence-electron chi connectivity index (χ0n) is 16.6. The van der Waals surface area contributed by atoms with Crippen molar-refractivity contribution in [3.05, 3.63) is 76.1 Å². The van der Waals surface area contributed by atoms with Gasteiger partial charge < -0.3 is 14.5 Å². The first-order chi connectivity index (χ1) is 13.9. The first kappa shape index (κ1) is 20.3. The summed E-state index contributed by atoms with van der Waals surface area (Å²) in [5, 5.41) is 3.19. The molecule has 0 aliphatic carbocycles. The minimum atomic E-state index is -1.07. The molecule has 0 radical (unpaired) electrons. The summed E-state index contributed by atoms with van der Waals surface area (Å²) in [6.45, 7) is 5.62. The van der Waals surface area contributed by atoms with Crippen LogP contribution in [0.1, 0.15) is 49.2 Å². The van der Waals surface area contributed by atoms with Gasteiger partial charge in [-0.2, -0.15) is 0 Å². The lowest BCUT2D eigenvalue weighted by Gasteiger charge is -2.18. The molecule has 150 valence electrons. The van der Waals surface area contributed by atoms with Gasteiger partial charge in [-0.05, 0) is 43.0 Å². The maximum absolute atomic E-state index is 12.5. The average Bonchev–Trinajstić information content (AvgIpc) is 2.73. The van der Waals surface area contributed by atoms with Crippen molar-refractivity contribution < 1.29 is 18.7 Å². The maximum Gasteiger partial charge on any atom is 0.375 e. The van der Waals surface area contributed by atoms with Crippen LogP contribution in [0.25, 0.3) is 11.0 Å². The molecule has 0 saturated carbocycles. The second-order valence-corrected chi connectivity index (χ2v) is 6.90. The summed E-state index contributed by atoms with van der Waals surface area (Å²) in [6.07, 6.45) is -0.137. The van der Waals surface area contributed by atoms with E-state index in [1.165, 1.54) is 6.92 Å². The number of esters is 1. The van der Waals surface area contributed by atoms with Crippen molar-refractivity contribution in [2.45, 2.75) is 39.2 Å². The number of rotatable bonds is 6. The topological polar surface area (TPSA) is 85.6 Å². The van der Waals surface area contributed by atoms with Gasteiger partial charge in [0, 0.05) is 11.8 Å². The predicted octanol–water partition coefficient (Wildman–Crippen LogP) is 4.49. The Morgan fingerprint density at radius 2 is 1.76 bits per heavy atom. The Hall–Kier alpha value is -3.41. The largest absolute Gasteiger partial charge is 0.449 e. The van der Waals surface area contributed by atoms with Gasteiger partial charge in [0.05, 0.1) is 5.39 Å². The maximum atomic E-state index is 12.5. The van der Waals surface area contributed by atoms with Gasteiger partial charge in [-0.3, -0.25) is 9.59 Å². The van der Waals surface area contributed by atoms with Gasteiger partial charge in [0.2, 0.25) is 5.76 Å². The first-order valence-corrected chi connectivity index (χ1v) is 9.54. The fourth-order valence-electron chi connectivity index (χ4n) is 2.97. The van der Waals surface area contributed by atoms with Crippen molar-refractivity contribution >= 4 is 28.5 Å². The van der Waals surface area contributed by atoms with Crippen LogP contribution < -0.4 is 10.7 Å². The molecular formula is C23H23NO5. The molecule has 6 heteroatoms. The van der Waals surface area contributed by atoms with E-state index in [2.05, 4.69) is 19.2 Å². The quantitative estimate of drug-likeness (QED) is 0.624. The lowest BCUT2D eigenvalue weighted by Crippen LogP contribution is -2.30. The molecule has 29 heavy (non-hydrogen) atoms. The van der Waals surface area contributed by atoms with Crippen LogP contribution in [-0.2, 0) is 9.53 Å². The zero-order valence-corrected chi connectivity index (χ0v) is 16.6. The number of benzene rings is 2. The molecule has 1 heterocycles. The predicted molar refractivity (Wildman–Crippen MR) is 111 cm³/mol. The van der Waals surface area contributed by atoms with E-state index in [1.54, 1.807) is 24.3 Å². The molecule has 2 aromatic carbocycles. The van der Waals surface area contributed by atoms with Gasteiger partial charge >= 0.3 is 5.97 Å². The summed E-state index contributed by atoms with van der Waals surface area (Å²) in [5.74, 6) is -1.30. The summed E-state index contributed by atoms with van der Waals surface area (Å²) in [5.41, 5.74) is 1.64. The van der Waals surface area contributed by atoms with E-state index in [-0.39, 0.29) is 22.7 Å². The van der Waals surface area contributed by atoms with Crippen LogP contribution in [-0.4, -0.2) is 18.0 Å². The van der Waals surface area contributed by atoms with E-state index in [1.807, 2.05) is 24.3 Å². The van der Waals surface area contributed by atoms with Gasteiger partial charge in [-0.15, -0.1) is 0 Å². The van der Waals surface area contributed by atoms with Crippen molar-refractivity contribution in [2.24, 2.45) is 0 Å². The molecule has 0 saturated heterocycles. The smallest absolute Gasteiger partial charge is 0.375 e. The molecule has 1 amide bonds. The Bertz CT molecular complexity index is 1100. The molecule has 1 aromatic heterocycles. The van der Waals surface area contributed by atoms with Gasteiger partial charge in [0.15, 0.2) is 11.5 Å². The fraction of sp³-hybridized carbons (Fsp3) is 0.261. The van der Waals surface area contributed by atoms with Crippen LogP contribution in [0, 0.1) is 0 Å². The number of fused-ring (bicyclic) bond motifs is 1. The van der Waals surface area contributed by atoms with Crippen molar-refractivity contribution in [1.82, 2.24) is 0 Å². The number of carbonyl (C=O) groups excluding carboxylic acids is 2. The van der Waals surface area contributed by atoms with Gasteiger partial charge in [0.25, 0.3) is 5.91 Å². The average molecular weight is 393 g/mol. The summed E-state index contributed by atoms with van der Waals surface area (Å²) < 4.78 is 10.7. The van der Waals surface area contributed by atoms with Crippen LogP contribution in [0.4, 0.5) is 5.69 Å². The van der Waals surface area contributed by atoms with E-state index >= 15 is 0 Å². The molecule has 6 nitrogen and oxygen atoms in total. The number of hydrogen-bond acceptors (Lipinski definition) is 5. The molecule has 3 aromatic rings. The van der Waals surface area contributed by atoms with E-state index in [9.17, 15) is 14.4 Å². The number of ether oxygens (including phenoxy) is 1. The second kappa shape index (κ2) is 8.73. The van der Waals surface area contributed by atoms with E-state index < -0.39 is 18.0 Å². The summed E-state index contributed by atoms with van der Waals surface area (Å²) in [7, 11) is 0. The molecule has 0 spiro atoms. The van der Waals surface area contributed by atoms with Gasteiger partial charge in [0.1, 0.15) is 5.58 Å². The molecule has 0 bridgehead atoms. The minimum Gasteiger partial charge on any atom is -0.449 e. The number of carbonyl (C=O) groups is 2. The van der Waals surface area contributed by atoms with E-state index in [4.69, 9.17) is 9.15 Å². The lowest BCUT2D eigenvalue weighted by molar-refractivity contribution is -0.123. The number of amides is 1. The Morgan fingerprint density at radius 1 is 1.07 bits per heavy atom. The fourth-order valence-corrected chi connectivity index (χ4v) is 2.97. The molecule has 3 rings (SSSR count). The zero-order chi connectivity index (χ0) is 21.0. The Morgan fingerprint density at radius 3 is 2.52 bits per heavy atom. The molecule has 0 unspecified atom stereocenters. The lowest BCUT2D eigenvalue weighted by atomic mass is 9.97. The summed E-state index contributed by atoms with van der Waals surface area (Å²) >= 11 is 0. The first-order valence-electron chi connectivity index (χ1n) is 9.54. The van der Waals surface area contributed by atoms with Gasteiger partial charge in [-0.1, -0.05) is 44.2 Å². The van der Waals surface area contributed by atoms with Crippen LogP contribution in [0.3, 0.4) is 0 Å². The number of anilines is 1. The highest BCUT2D eigenvalue weighted by atomic mass is 16.6. The SMILES string of the molecule is CC[C@@H](C)c1ccccc1NC(=O)[C@@H](C)OC(=O)c1cc(=O)c2ccccc2o1. The monoisotopic (exact) mass is 393 g/mol. The second-order valence-electron chi connectivity index (χ2n) is 6.90. The summed E-state index contributed by atoms with van der Waals surface area (Å²) in [6, 6.07) is 15.2. The Balaban J connectivity index is 1.73. The molecule has 0 aliphatic rings. The number of para-hydroxylation sites is 2. The van der Waals surface area contributed by atoms with Gasteiger partial charge in [-0.25, -0.2) is 4.79 Å². The van der Waals surface area contributed by atoms with Crippen LogP contribution in [0.5, 0.6) is 0 Å². The molecule has 0 aliphatic heterocycles. The molecule has 2 atom stereocenters. The van der Waals surface area contributed by atoms with E-state index in [0.29, 0.717) is 11.1 Å². The highest BCUT2D eigenvalue weighted by Gasteiger charge is 2.22. The number of hydrogen-bond donors (Lipinski definition) is 1. The van der Waals surface area contributed by atoms with Crippen molar-refractivity contribution in [2.75, 3.05) is 5.32 Å². The third kappa shape index (κ3) is 4.54. The van der Waals surface area contributed by atoms with Crippen LogP contribution in [0.15, 0.2) is 63.8 Å². The van der Waals surface area contributed by atoms with Crippen molar-refractivity contribution in [3.8, 4) is 0 Å². The van der Waals surface area contributed by atoms with E-state index in [0.717, 1.165) is 18.1 Å². The molecular weight excluding hydrogens is 370 g/mol. The Kier molecular flexibility index (Phi) is 6.12. The van der Waals surface area contributed by atoms with Crippen LogP contribution >= 0.6 is 0 Å². The highest BCUT2D eigenvalue weighted by molar-refractivity contribution is 5.97. The standard InChI is InChI=1S/C23H23NO5/c1-4-14(2)16-9-5-7-11-18(16)24-22(26)15(3)28-23(27)21-13-19(25)17-10-6-8-12-20(17)29-21/h5-15H,4H2,1-3H3,(H,24,26)/t14-,15-/m1/s1. The normalized spacial score (nSPS) is 12.9. The molecule has 1 N–H and O–H groups in total. The molecule has 0 fully saturated rings. The van der Waals surface area contributed by atoms with Crippen molar-refractivity contribution in [1.29, 1.82) is 0 Å². The minimum absolute atomic E-state index is 0.242.